The van der Waals surface area contributed by atoms with Crippen LogP contribution in [-0.2, 0) is 0 Å². The minimum atomic E-state index is 0.171. The molecule has 5 heteroatoms. The highest BCUT2D eigenvalue weighted by Gasteiger charge is 2.25. The number of nitrogens with one attached hydrogen (secondary N) is 1. The van der Waals surface area contributed by atoms with E-state index in [1.165, 1.54) is 11.3 Å². The molecule has 106 valence electrons. The lowest BCUT2D eigenvalue weighted by atomic mass is 9.96. The summed E-state index contributed by atoms with van der Waals surface area (Å²) >= 11 is 1.52. The van der Waals surface area contributed by atoms with Crippen LogP contribution in [0.1, 0.15) is 40.1 Å². The van der Waals surface area contributed by atoms with Gasteiger partial charge >= 0.3 is 0 Å². The molecule has 0 aromatic carbocycles. The molecule has 1 fully saturated rings. The van der Waals surface area contributed by atoms with Crippen LogP contribution in [-0.4, -0.2) is 42.0 Å². The van der Waals surface area contributed by atoms with Crippen LogP contribution in [0.25, 0.3) is 0 Å². The molecule has 1 aliphatic rings. The third-order valence-electron chi connectivity index (χ3n) is 3.68. The van der Waals surface area contributed by atoms with Crippen LogP contribution in [0.2, 0.25) is 0 Å². The molecule has 0 saturated carbocycles. The maximum atomic E-state index is 12.4. The van der Waals surface area contributed by atoms with E-state index in [2.05, 4.69) is 17.2 Å². The van der Waals surface area contributed by atoms with E-state index in [4.69, 9.17) is 0 Å². The van der Waals surface area contributed by atoms with Crippen LogP contribution in [0.5, 0.6) is 0 Å². The monoisotopic (exact) mass is 281 g/mol. The molecule has 1 aromatic rings. The van der Waals surface area contributed by atoms with Gasteiger partial charge < -0.3 is 10.2 Å². The Kier molecular flexibility index (Phi) is 4.93. The first-order valence-corrected chi connectivity index (χ1v) is 7.87. The van der Waals surface area contributed by atoms with Crippen molar-refractivity contribution in [1.82, 2.24) is 15.2 Å². The largest absolute Gasteiger partial charge is 0.338 e. The number of aryl methyl sites for hydroxylation is 2. The number of hydrogen-bond acceptors (Lipinski definition) is 4. The van der Waals surface area contributed by atoms with E-state index >= 15 is 0 Å². The van der Waals surface area contributed by atoms with Crippen LogP contribution < -0.4 is 5.32 Å². The molecule has 19 heavy (non-hydrogen) atoms. The SMILES string of the molecule is CCNCC1CCN(C(=O)c2sc(C)nc2C)CC1. The molecule has 1 N–H and O–H groups in total. The Bertz CT molecular complexity index is 436. The average molecular weight is 281 g/mol. The van der Waals surface area contributed by atoms with E-state index in [-0.39, 0.29) is 5.91 Å². The van der Waals surface area contributed by atoms with Gasteiger partial charge in [0.1, 0.15) is 4.88 Å². The predicted molar refractivity (Wildman–Crippen MR) is 78.8 cm³/mol. The topological polar surface area (TPSA) is 45.2 Å². The Labute approximate surface area is 119 Å². The molecule has 0 bridgehead atoms. The van der Waals surface area contributed by atoms with Crippen LogP contribution in [0.3, 0.4) is 0 Å². The van der Waals surface area contributed by atoms with Gasteiger partial charge in [-0.05, 0) is 45.7 Å². The van der Waals surface area contributed by atoms with Gasteiger partial charge in [0, 0.05) is 13.1 Å². The quantitative estimate of drug-likeness (QED) is 0.920. The van der Waals surface area contributed by atoms with Crippen LogP contribution in [0.15, 0.2) is 0 Å². The maximum Gasteiger partial charge on any atom is 0.265 e. The Balaban J connectivity index is 1.91. The third kappa shape index (κ3) is 3.54. The van der Waals surface area contributed by atoms with E-state index < -0.39 is 0 Å². The molecule has 0 aliphatic carbocycles. The van der Waals surface area contributed by atoms with E-state index in [9.17, 15) is 4.79 Å². The minimum Gasteiger partial charge on any atom is -0.338 e. The van der Waals surface area contributed by atoms with E-state index in [1.54, 1.807) is 0 Å². The second-order valence-corrected chi connectivity index (χ2v) is 6.39. The number of piperidine rings is 1. The van der Waals surface area contributed by atoms with Crippen molar-refractivity contribution in [2.75, 3.05) is 26.2 Å². The molecule has 2 heterocycles. The fourth-order valence-corrected chi connectivity index (χ4v) is 3.45. The molecular weight excluding hydrogens is 258 g/mol. The van der Waals surface area contributed by atoms with Crippen molar-refractivity contribution in [1.29, 1.82) is 0 Å². The highest BCUT2D eigenvalue weighted by Crippen LogP contribution is 2.23. The lowest BCUT2D eigenvalue weighted by Crippen LogP contribution is -2.40. The van der Waals surface area contributed by atoms with Gasteiger partial charge in [-0.2, -0.15) is 0 Å². The molecule has 0 unspecified atom stereocenters. The average Bonchev–Trinajstić information content (AvgIpc) is 2.75. The number of likely N-dealkylation sites (tertiary alicyclic amines) is 1. The smallest absolute Gasteiger partial charge is 0.265 e. The van der Waals surface area contributed by atoms with Gasteiger partial charge in [0.15, 0.2) is 0 Å². The van der Waals surface area contributed by atoms with Crippen LogP contribution in [0.4, 0.5) is 0 Å². The molecule has 1 amide bonds. The van der Waals surface area contributed by atoms with Crippen LogP contribution in [0, 0.1) is 19.8 Å². The fraction of sp³-hybridized carbons (Fsp3) is 0.714. The first-order valence-electron chi connectivity index (χ1n) is 7.05. The molecular formula is C14H23N3OS. The first-order chi connectivity index (χ1) is 9.11. The van der Waals surface area contributed by atoms with E-state index in [0.717, 1.165) is 54.6 Å². The van der Waals surface area contributed by atoms with E-state index in [1.807, 2.05) is 18.7 Å². The number of rotatable bonds is 4. The van der Waals surface area contributed by atoms with Gasteiger partial charge in [-0.1, -0.05) is 6.92 Å². The first kappa shape index (κ1) is 14.5. The number of nitrogens with zero attached hydrogens (tertiary/aromatic N) is 2. The van der Waals surface area contributed by atoms with Gasteiger partial charge in [-0.25, -0.2) is 4.98 Å². The van der Waals surface area contributed by atoms with Crippen molar-refractivity contribution in [3.63, 3.8) is 0 Å². The molecule has 4 nitrogen and oxygen atoms in total. The number of amides is 1. The van der Waals surface area contributed by atoms with Crippen molar-refractivity contribution in [2.45, 2.75) is 33.6 Å². The maximum absolute atomic E-state index is 12.4. The standard InChI is InChI=1S/C14H23N3OS/c1-4-15-9-12-5-7-17(8-6-12)14(18)13-10(2)16-11(3)19-13/h12,15H,4-9H2,1-3H3. The number of hydrogen-bond donors (Lipinski definition) is 1. The molecule has 0 atom stereocenters. The zero-order valence-corrected chi connectivity index (χ0v) is 12.8. The number of carbonyl (C=O) groups excluding carboxylic acids is 1. The summed E-state index contributed by atoms with van der Waals surface area (Å²) in [7, 11) is 0. The lowest BCUT2D eigenvalue weighted by Gasteiger charge is -2.31. The molecule has 1 aliphatic heterocycles. The molecule has 2 rings (SSSR count). The van der Waals surface area contributed by atoms with E-state index in [0.29, 0.717) is 5.92 Å². The summed E-state index contributed by atoms with van der Waals surface area (Å²) in [6, 6.07) is 0. The fourth-order valence-electron chi connectivity index (χ4n) is 2.56. The summed E-state index contributed by atoms with van der Waals surface area (Å²) in [5.74, 6) is 0.887. The molecule has 0 spiro atoms. The minimum absolute atomic E-state index is 0.171. The van der Waals surface area contributed by atoms with Crippen molar-refractivity contribution < 1.29 is 4.79 Å². The van der Waals surface area contributed by atoms with Gasteiger partial charge in [0.05, 0.1) is 10.7 Å². The Morgan fingerprint density at radius 1 is 1.42 bits per heavy atom. The summed E-state index contributed by atoms with van der Waals surface area (Å²) in [5, 5.41) is 4.37. The van der Waals surface area contributed by atoms with Crippen molar-refractivity contribution in [2.24, 2.45) is 5.92 Å². The highest BCUT2D eigenvalue weighted by molar-refractivity contribution is 7.13. The Morgan fingerprint density at radius 2 is 2.11 bits per heavy atom. The van der Waals surface area contributed by atoms with Gasteiger partial charge in [-0.15, -0.1) is 11.3 Å². The lowest BCUT2D eigenvalue weighted by molar-refractivity contribution is 0.0694. The van der Waals surface area contributed by atoms with Gasteiger partial charge in [0.2, 0.25) is 0 Å². The van der Waals surface area contributed by atoms with Crippen molar-refractivity contribution >= 4 is 17.2 Å². The van der Waals surface area contributed by atoms with Crippen molar-refractivity contribution in [3.8, 4) is 0 Å². The normalized spacial score (nSPS) is 16.9. The van der Waals surface area contributed by atoms with Crippen molar-refractivity contribution in [3.05, 3.63) is 15.6 Å². The predicted octanol–water partition coefficient (Wildman–Crippen LogP) is 2.22. The second-order valence-electron chi connectivity index (χ2n) is 5.19. The summed E-state index contributed by atoms with van der Waals surface area (Å²) in [4.78, 5) is 19.6. The zero-order chi connectivity index (χ0) is 13.8. The van der Waals surface area contributed by atoms with Gasteiger partial charge in [0.25, 0.3) is 5.91 Å². The number of aromatic nitrogens is 1. The van der Waals surface area contributed by atoms with Crippen LogP contribution >= 0.6 is 11.3 Å². The zero-order valence-electron chi connectivity index (χ0n) is 12.0. The number of carbonyl (C=O) groups is 1. The summed E-state index contributed by atoms with van der Waals surface area (Å²) in [5.41, 5.74) is 0.877. The Morgan fingerprint density at radius 3 is 2.63 bits per heavy atom. The summed E-state index contributed by atoms with van der Waals surface area (Å²) in [6.07, 6.45) is 2.21. The molecule has 1 saturated heterocycles. The molecule has 1 aromatic heterocycles. The summed E-state index contributed by atoms with van der Waals surface area (Å²) < 4.78 is 0. The third-order valence-corrected chi connectivity index (χ3v) is 4.74. The van der Waals surface area contributed by atoms with Gasteiger partial charge in [-0.3, -0.25) is 4.79 Å². The number of thiazole rings is 1. The summed E-state index contributed by atoms with van der Waals surface area (Å²) in [6.45, 7) is 9.88. The molecule has 0 radical (unpaired) electrons. The Hall–Kier alpha value is -0.940. The second kappa shape index (κ2) is 6.48. The highest BCUT2D eigenvalue weighted by atomic mass is 32.1.